The van der Waals surface area contributed by atoms with E-state index in [1.807, 2.05) is 18.2 Å². The first kappa shape index (κ1) is 17.5. The van der Waals surface area contributed by atoms with Gasteiger partial charge in [-0.05, 0) is 48.9 Å². The van der Waals surface area contributed by atoms with E-state index in [0.717, 1.165) is 31.4 Å². The summed E-state index contributed by atoms with van der Waals surface area (Å²) in [5.41, 5.74) is 0.610. The summed E-state index contributed by atoms with van der Waals surface area (Å²) < 4.78 is 38.4. The van der Waals surface area contributed by atoms with Crippen LogP contribution in [0.3, 0.4) is 0 Å². The number of rotatable bonds is 3. The molecular formula is C20H20F3NO. The first-order valence-corrected chi connectivity index (χ1v) is 8.44. The zero-order valence-corrected chi connectivity index (χ0v) is 13.8. The molecule has 3 rings (SSSR count). The second-order valence-corrected chi connectivity index (χ2v) is 6.50. The molecule has 2 nitrogen and oxygen atoms in total. The molecule has 0 atom stereocenters. The standard InChI is InChI=1S/C20H20F3NO/c21-20(22,23)18-8-4-7-17(14-18)19(25)24-11-9-16(10-12-24)13-15-5-2-1-3-6-15/h1-8,14,16H,9-13H2. The molecule has 0 spiro atoms. The highest BCUT2D eigenvalue weighted by Crippen LogP contribution is 2.30. The van der Waals surface area contributed by atoms with Crippen molar-refractivity contribution >= 4 is 5.91 Å². The van der Waals surface area contributed by atoms with Crippen molar-refractivity contribution in [3.8, 4) is 0 Å². The van der Waals surface area contributed by atoms with E-state index < -0.39 is 11.7 Å². The van der Waals surface area contributed by atoms with E-state index >= 15 is 0 Å². The number of nitrogens with zero attached hydrogens (tertiary/aromatic N) is 1. The molecule has 2 aromatic carbocycles. The van der Waals surface area contributed by atoms with Crippen LogP contribution in [-0.2, 0) is 12.6 Å². The quantitative estimate of drug-likeness (QED) is 0.781. The molecule has 25 heavy (non-hydrogen) atoms. The predicted molar refractivity (Wildman–Crippen MR) is 90.2 cm³/mol. The van der Waals surface area contributed by atoms with Crippen LogP contribution >= 0.6 is 0 Å². The number of likely N-dealkylation sites (tertiary alicyclic amines) is 1. The summed E-state index contributed by atoms with van der Waals surface area (Å²) in [5.74, 6) is 0.192. The average molecular weight is 347 g/mol. The van der Waals surface area contributed by atoms with Gasteiger partial charge in [0.25, 0.3) is 5.91 Å². The lowest BCUT2D eigenvalue weighted by atomic mass is 9.90. The Morgan fingerprint density at radius 3 is 2.32 bits per heavy atom. The van der Waals surface area contributed by atoms with Gasteiger partial charge in [-0.3, -0.25) is 4.79 Å². The number of halogens is 3. The lowest BCUT2D eigenvalue weighted by Gasteiger charge is -2.32. The van der Waals surface area contributed by atoms with Crippen molar-refractivity contribution in [1.29, 1.82) is 0 Å². The van der Waals surface area contributed by atoms with Gasteiger partial charge in [0.15, 0.2) is 0 Å². The number of hydrogen-bond donors (Lipinski definition) is 0. The molecule has 1 heterocycles. The van der Waals surface area contributed by atoms with Crippen LogP contribution in [0.15, 0.2) is 54.6 Å². The second-order valence-electron chi connectivity index (χ2n) is 6.50. The third-order valence-corrected chi connectivity index (χ3v) is 4.71. The summed E-state index contributed by atoms with van der Waals surface area (Å²) in [6, 6.07) is 14.9. The maximum atomic E-state index is 12.8. The molecular weight excluding hydrogens is 327 g/mol. The van der Waals surface area contributed by atoms with Gasteiger partial charge in [0.2, 0.25) is 0 Å². The summed E-state index contributed by atoms with van der Waals surface area (Å²) in [6.07, 6.45) is -1.70. The summed E-state index contributed by atoms with van der Waals surface area (Å²) in [5, 5.41) is 0. The number of piperidine rings is 1. The Morgan fingerprint density at radius 1 is 1.00 bits per heavy atom. The monoisotopic (exact) mass is 347 g/mol. The van der Waals surface area contributed by atoms with Crippen LogP contribution in [0.1, 0.15) is 34.3 Å². The number of alkyl halides is 3. The van der Waals surface area contributed by atoms with Gasteiger partial charge < -0.3 is 4.90 Å². The van der Waals surface area contributed by atoms with Crippen LogP contribution in [0.4, 0.5) is 13.2 Å². The number of hydrogen-bond acceptors (Lipinski definition) is 1. The summed E-state index contributed by atoms with van der Waals surface area (Å²) in [7, 11) is 0. The second kappa shape index (κ2) is 7.30. The first-order valence-electron chi connectivity index (χ1n) is 8.44. The lowest BCUT2D eigenvalue weighted by molar-refractivity contribution is -0.137. The fourth-order valence-corrected chi connectivity index (χ4v) is 3.30. The predicted octanol–water partition coefficient (Wildman–Crippen LogP) is 4.80. The van der Waals surface area contributed by atoms with Crippen molar-refractivity contribution in [2.24, 2.45) is 5.92 Å². The molecule has 1 aliphatic rings. The van der Waals surface area contributed by atoms with Crippen LogP contribution in [0, 0.1) is 5.92 Å². The number of carbonyl (C=O) groups excluding carboxylic acids is 1. The van der Waals surface area contributed by atoms with Crippen molar-refractivity contribution in [1.82, 2.24) is 4.90 Å². The topological polar surface area (TPSA) is 20.3 Å². The van der Waals surface area contributed by atoms with E-state index in [1.165, 1.54) is 17.7 Å². The Hall–Kier alpha value is -2.30. The normalized spacial score (nSPS) is 16.0. The van der Waals surface area contributed by atoms with Crippen molar-refractivity contribution < 1.29 is 18.0 Å². The molecule has 0 radical (unpaired) electrons. The Morgan fingerprint density at radius 2 is 1.68 bits per heavy atom. The lowest BCUT2D eigenvalue weighted by Crippen LogP contribution is -2.39. The average Bonchev–Trinajstić information content (AvgIpc) is 2.62. The highest BCUT2D eigenvalue weighted by molar-refractivity contribution is 5.94. The maximum absolute atomic E-state index is 12.8. The zero-order chi connectivity index (χ0) is 17.9. The van der Waals surface area contributed by atoms with Crippen LogP contribution < -0.4 is 0 Å². The number of amides is 1. The molecule has 0 aliphatic carbocycles. The van der Waals surface area contributed by atoms with Crippen molar-refractivity contribution in [2.45, 2.75) is 25.4 Å². The summed E-state index contributed by atoms with van der Waals surface area (Å²) in [6.45, 7) is 1.18. The van der Waals surface area contributed by atoms with E-state index in [1.54, 1.807) is 4.90 Å². The molecule has 0 bridgehead atoms. The number of benzene rings is 2. The van der Waals surface area contributed by atoms with E-state index in [2.05, 4.69) is 12.1 Å². The van der Waals surface area contributed by atoms with Gasteiger partial charge in [-0.15, -0.1) is 0 Å². The summed E-state index contributed by atoms with van der Waals surface area (Å²) in [4.78, 5) is 14.2. The van der Waals surface area contributed by atoms with E-state index in [0.29, 0.717) is 19.0 Å². The minimum atomic E-state index is -4.43. The molecule has 1 amide bonds. The summed E-state index contributed by atoms with van der Waals surface area (Å²) >= 11 is 0. The smallest absolute Gasteiger partial charge is 0.339 e. The van der Waals surface area contributed by atoms with Gasteiger partial charge >= 0.3 is 6.18 Å². The maximum Gasteiger partial charge on any atom is 0.416 e. The SMILES string of the molecule is O=C(c1cccc(C(F)(F)F)c1)N1CCC(Cc2ccccc2)CC1. The minimum absolute atomic E-state index is 0.108. The van der Waals surface area contributed by atoms with Crippen LogP contribution in [0.5, 0.6) is 0 Å². The zero-order valence-electron chi connectivity index (χ0n) is 13.8. The molecule has 0 N–H and O–H groups in total. The van der Waals surface area contributed by atoms with Gasteiger partial charge in [-0.2, -0.15) is 13.2 Å². The van der Waals surface area contributed by atoms with Crippen molar-refractivity contribution in [3.05, 3.63) is 71.3 Å². The molecule has 2 aromatic rings. The molecule has 0 saturated carbocycles. The van der Waals surface area contributed by atoms with E-state index in [4.69, 9.17) is 0 Å². The molecule has 132 valence electrons. The Balaban J connectivity index is 1.60. The van der Waals surface area contributed by atoms with Gasteiger partial charge in [0.1, 0.15) is 0 Å². The molecule has 1 fully saturated rings. The van der Waals surface area contributed by atoms with Gasteiger partial charge in [-0.1, -0.05) is 36.4 Å². The van der Waals surface area contributed by atoms with Crippen LogP contribution in [-0.4, -0.2) is 23.9 Å². The molecule has 0 unspecified atom stereocenters. The van der Waals surface area contributed by atoms with E-state index in [9.17, 15) is 18.0 Å². The largest absolute Gasteiger partial charge is 0.416 e. The van der Waals surface area contributed by atoms with Gasteiger partial charge in [0, 0.05) is 18.7 Å². The molecule has 1 saturated heterocycles. The molecule has 1 aliphatic heterocycles. The van der Waals surface area contributed by atoms with E-state index in [-0.39, 0.29) is 11.5 Å². The molecule has 5 heteroatoms. The highest BCUT2D eigenvalue weighted by atomic mass is 19.4. The Labute approximate surface area is 145 Å². The third-order valence-electron chi connectivity index (χ3n) is 4.71. The fourth-order valence-electron chi connectivity index (χ4n) is 3.30. The first-order chi connectivity index (χ1) is 11.9. The minimum Gasteiger partial charge on any atom is -0.339 e. The van der Waals surface area contributed by atoms with Crippen LogP contribution in [0.25, 0.3) is 0 Å². The van der Waals surface area contributed by atoms with Gasteiger partial charge in [0.05, 0.1) is 5.56 Å². The number of carbonyl (C=O) groups is 1. The van der Waals surface area contributed by atoms with Crippen LogP contribution in [0.2, 0.25) is 0 Å². The van der Waals surface area contributed by atoms with Crippen molar-refractivity contribution in [2.75, 3.05) is 13.1 Å². The highest BCUT2D eigenvalue weighted by Gasteiger charge is 2.31. The van der Waals surface area contributed by atoms with Gasteiger partial charge in [-0.25, -0.2) is 0 Å². The fraction of sp³-hybridized carbons (Fsp3) is 0.350. The Kier molecular flexibility index (Phi) is 5.11. The third kappa shape index (κ3) is 4.41. The molecule has 0 aromatic heterocycles. The van der Waals surface area contributed by atoms with Crippen molar-refractivity contribution in [3.63, 3.8) is 0 Å². The Bertz CT molecular complexity index is 719.